The number of allylic oxidation sites excluding steroid dienone is 1. The first-order valence-corrected chi connectivity index (χ1v) is 7.79. The van der Waals surface area contributed by atoms with Crippen molar-refractivity contribution < 1.29 is 4.92 Å². The fourth-order valence-corrected chi connectivity index (χ4v) is 3.00. The molecule has 0 amide bonds. The molecule has 1 aliphatic heterocycles. The molecule has 124 valence electrons. The highest BCUT2D eigenvalue weighted by Crippen LogP contribution is 2.36. The lowest BCUT2D eigenvalue weighted by Gasteiger charge is -2.30. The number of nitrogens with zero attached hydrogens (tertiary/aromatic N) is 2. The standard InChI is InChI=1S/C17H17ClN4O2/c1-10-3-4-11-7-12(5-6-16(11)21(10)2)20-15-9-14(19)17(22(23)24)8-13(15)18/h5-9,20H,1,3-4,19H2,2H3. The summed E-state index contributed by atoms with van der Waals surface area (Å²) in [6.45, 7) is 4.05. The second kappa shape index (κ2) is 6.05. The van der Waals surface area contributed by atoms with Crippen LogP contribution in [0.15, 0.2) is 42.6 Å². The van der Waals surface area contributed by atoms with Crippen molar-refractivity contribution >= 4 is 40.0 Å². The molecule has 0 bridgehead atoms. The van der Waals surface area contributed by atoms with Gasteiger partial charge in [-0.25, -0.2) is 0 Å². The molecule has 3 N–H and O–H groups in total. The van der Waals surface area contributed by atoms with E-state index in [9.17, 15) is 10.1 Å². The minimum Gasteiger partial charge on any atom is -0.393 e. The Kier molecular flexibility index (Phi) is 4.07. The number of nitro benzene ring substituents is 1. The molecule has 0 radical (unpaired) electrons. The van der Waals surface area contributed by atoms with Crippen LogP contribution in [0, 0.1) is 10.1 Å². The van der Waals surface area contributed by atoms with Gasteiger partial charge >= 0.3 is 0 Å². The Balaban J connectivity index is 1.91. The summed E-state index contributed by atoms with van der Waals surface area (Å²) in [5.41, 5.74) is 10.4. The first-order valence-electron chi connectivity index (χ1n) is 7.41. The first-order chi connectivity index (χ1) is 11.4. The van der Waals surface area contributed by atoms with Crippen LogP contribution < -0.4 is 16.0 Å². The summed E-state index contributed by atoms with van der Waals surface area (Å²) in [6.07, 6.45) is 1.84. The van der Waals surface area contributed by atoms with Gasteiger partial charge in [0.1, 0.15) is 5.69 Å². The Morgan fingerprint density at radius 2 is 2.08 bits per heavy atom. The maximum Gasteiger partial charge on any atom is 0.293 e. The van der Waals surface area contributed by atoms with E-state index in [2.05, 4.69) is 16.8 Å². The number of hydrogen-bond acceptors (Lipinski definition) is 5. The third-order valence-corrected chi connectivity index (χ3v) is 4.50. The molecular formula is C17H17ClN4O2. The van der Waals surface area contributed by atoms with Crippen LogP contribution in [0.4, 0.5) is 28.4 Å². The summed E-state index contributed by atoms with van der Waals surface area (Å²) < 4.78 is 0. The van der Waals surface area contributed by atoms with Crippen LogP contribution in [0.25, 0.3) is 0 Å². The van der Waals surface area contributed by atoms with Crippen molar-refractivity contribution in [2.75, 3.05) is 23.0 Å². The minimum absolute atomic E-state index is 0.0703. The van der Waals surface area contributed by atoms with Crippen LogP contribution >= 0.6 is 11.6 Å². The molecular weight excluding hydrogens is 328 g/mol. The number of fused-ring (bicyclic) bond motifs is 1. The lowest BCUT2D eigenvalue weighted by atomic mass is 9.99. The highest BCUT2D eigenvalue weighted by atomic mass is 35.5. The van der Waals surface area contributed by atoms with Crippen LogP contribution in [0.3, 0.4) is 0 Å². The van der Waals surface area contributed by atoms with Gasteiger partial charge in [0.2, 0.25) is 0 Å². The number of nitrogens with one attached hydrogen (secondary N) is 1. The summed E-state index contributed by atoms with van der Waals surface area (Å²) in [6, 6.07) is 8.74. The van der Waals surface area contributed by atoms with E-state index in [1.807, 2.05) is 25.2 Å². The number of nitrogen functional groups attached to an aromatic ring is 1. The largest absolute Gasteiger partial charge is 0.393 e. The van der Waals surface area contributed by atoms with Crippen molar-refractivity contribution in [3.63, 3.8) is 0 Å². The third-order valence-electron chi connectivity index (χ3n) is 4.19. The van der Waals surface area contributed by atoms with Gasteiger partial charge in [0.15, 0.2) is 0 Å². The van der Waals surface area contributed by atoms with E-state index in [1.165, 1.54) is 17.7 Å². The van der Waals surface area contributed by atoms with Gasteiger partial charge < -0.3 is 16.0 Å². The molecule has 0 aromatic heterocycles. The molecule has 0 fully saturated rings. The molecule has 0 saturated heterocycles. The molecule has 0 atom stereocenters. The van der Waals surface area contributed by atoms with Crippen LogP contribution in [-0.4, -0.2) is 12.0 Å². The zero-order valence-corrected chi connectivity index (χ0v) is 13.9. The molecule has 0 unspecified atom stereocenters. The van der Waals surface area contributed by atoms with Crippen molar-refractivity contribution in [1.29, 1.82) is 0 Å². The maximum absolute atomic E-state index is 10.9. The molecule has 1 aliphatic rings. The Morgan fingerprint density at radius 1 is 1.33 bits per heavy atom. The van der Waals surface area contributed by atoms with Gasteiger partial charge in [-0.1, -0.05) is 18.2 Å². The van der Waals surface area contributed by atoms with E-state index >= 15 is 0 Å². The Bertz CT molecular complexity index is 851. The number of benzene rings is 2. The predicted molar refractivity (Wildman–Crippen MR) is 98.1 cm³/mol. The van der Waals surface area contributed by atoms with E-state index in [-0.39, 0.29) is 16.4 Å². The summed E-state index contributed by atoms with van der Waals surface area (Å²) in [7, 11) is 2.00. The fraction of sp³-hybridized carbons (Fsp3) is 0.176. The van der Waals surface area contributed by atoms with Crippen molar-refractivity contribution in [3.8, 4) is 0 Å². The highest BCUT2D eigenvalue weighted by molar-refractivity contribution is 6.33. The average Bonchev–Trinajstić information content (AvgIpc) is 2.54. The zero-order valence-electron chi connectivity index (χ0n) is 13.2. The number of halogens is 1. The predicted octanol–water partition coefficient (Wildman–Crippen LogP) is 4.47. The quantitative estimate of drug-likeness (QED) is 0.487. The molecule has 0 saturated carbocycles. The Labute approximate surface area is 144 Å². The third kappa shape index (κ3) is 2.88. The van der Waals surface area contributed by atoms with E-state index in [1.54, 1.807) is 0 Å². The number of aryl methyl sites for hydroxylation is 1. The first kappa shape index (κ1) is 16.1. The molecule has 1 heterocycles. The smallest absolute Gasteiger partial charge is 0.293 e. The van der Waals surface area contributed by atoms with Gasteiger partial charge in [0.25, 0.3) is 5.69 Å². The van der Waals surface area contributed by atoms with Crippen LogP contribution in [0.5, 0.6) is 0 Å². The highest BCUT2D eigenvalue weighted by Gasteiger charge is 2.18. The lowest BCUT2D eigenvalue weighted by Crippen LogP contribution is -2.21. The molecule has 2 aromatic rings. The van der Waals surface area contributed by atoms with E-state index < -0.39 is 4.92 Å². The number of hydrogen-bond donors (Lipinski definition) is 2. The maximum atomic E-state index is 10.9. The van der Waals surface area contributed by atoms with Crippen LogP contribution in [0.2, 0.25) is 5.02 Å². The molecule has 2 aromatic carbocycles. The fourth-order valence-electron chi connectivity index (χ4n) is 2.80. The van der Waals surface area contributed by atoms with Gasteiger partial charge in [-0.15, -0.1) is 0 Å². The molecule has 6 nitrogen and oxygen atoms in total. The average molecular weight is 345 g/mol. The second-order valence-corrected chi connectivity index (χ2v) is 6.15. The minimum atomic E-state index is -0.549. The number of nitro groups is 1. The van der Waals surface area contributed by atoms with Crippen molar-refractivity contribution in [2.45, 2.75) is 12.8 Å². The van der Waals surface area contributed by atoms with Gasteiger partial charge in [-0.2, -0.15) is 0 Å². The Hall–Kier alpha value is -2.73. The number of anilines is 4. The van der Waals surface area contributed by atoms with E-state index in [4.69, 9.17) is 17.3 Å². The molecule has 3 rings (SSSR count). The van der Waals surface area contributed by atoms with E-state index in [0.717, 1.165) is 29.9 Å². The van der Waals surface area contributed by atoms with Crippen molar-refractivity contribution in [1.82, 2.24) is 0 Å². The second-order valence-electron chi connectivity index (χ2n) is 5.74. The summed E-state index contributed by atoms with van der Waals surface area (Å²) in [4.78, 5) is 12.4. The Morgan fingerprint density at radius 3 is 2.79 bits per heavy atom. The SMILES string of the molecule is C=C1CCc2cc(Nc3cc(N)c([N+](=O)[O-])cc3Cl)ccc2N1C. The zero-order chi connectivity index (χ0) is 17.4. The monoisotopic (exact) mass is 344 g/mol. The van der Waals surface area contributed by atoms with Gasteiger partial charge in [-0.05, 0) is 42.7 Å². The summed E-state index contributed by atoms with van der Waals surface area (Å²) >= 11 is 6.14. The number of rotatable bonds is 3. The summed E-state index contributed by atoms with van der Waals surface area (Å²) in [5, 5.41) is 14.3. The van der Waals surface area contributed by atoms with Crippen molar-refractivity contribution in [2.24, 2.45) is 0 Å². The van der Waals surface area contributed by atoms with Crippen LogP contribution in [-0.2, 0) is 6.42 Å². The van der Waals surface area contributed by atoms with Gasteiger partial charge in [0.05, 0.1) is 15.6 Å². The number of nitrogens with two attached hydrogens (primary N) is 1. The molecule has 0 spiro atoms. The van der Waals surface area contributed by atoms with E-state index in [0.29, 0.717) is 5.69 Å². The normalized spacial score (nSPS) is 13.6. The molecule has 7 heteroatoms. The molecule has 0 aliphatic carbocycles. The lowest BCUT2D eigenvalue weighted by molar-refractivity contribution is -0.383. The van der Waals surface area contributed by atoms with Crippen molar-refractivity contribution in [3.05, 3.63) is 63.3 Å². The summed E-state index contributed by atoms with van der Waals surface area (Å²) in [5.74, 6) is 0. The van der Waals surface area contributed by atoms with Gasteiger partial charge in [-0.3, -0.25) is 10.1 Å². The molecule has 24 heavy (non-hydrogen) atoms. The topological polar surface area (TPSA) is 84.4 Å². The van der Waals surface area contributed by atoms with Crippen LogP contribution in [0.1, 0.15) is 12.0 Å². The van der Waals surface area contributed by atoms with Gasteiger partial charge in [0, 0.05) is 30.2 Å².